The van der Waals surface area contributed by atoms with Crippen molar-refractivity contribution in [3.8, 4) is 23.0 Å². The van der Waals surface area contributed by atoms with E-state index in [-0.39, 0.29) is 25.7 Å². The van der Waals surface area contributed by atoms with Gasteiger partial charge in [-0.1, -0.05) is 0 Å². The minimum absolute atomic E-state index is 0.0244. The fourth-order valence-corrected chi connectivity index (χ4v) is 1.92. The molecule has 3 N–H and O–H groups in total. The normalized spacial score (nSPS) is 13.1. The maximum absolute atomic E-state index is 9.36. The highest BCUT2D eigenvalue weighted by atomic mass is 35.5. The molecule has 2 aromatic carbocycles. The molecular formula is C18H21ClO6. The molecule has 6 nitrogen and oxygen atoms in total. The van der Waals surface area contributed by atoms with Crippen LogP contribution in [0.15, 0.2) is 48.5 Å². The predicted octanol–water partition coefficient (Wildman–Crippen LogP) is 2.19. The third-order valence-corrected chi connectivity index (χ3v) is 3.51. The number of benzene rings is 2. The minimum atomic E-state index is -0.901. The van der Waals surface area contributed by atoms with Gasteiger partial charge in [-0.3, -0.25) is 0 Å². The standard InChI is InChI=1S/C18H21ClO6/c19-9-13(21)11-23-15-1-5-17(6-2-15)25-18-7-3-16(4-8-18)24-12-14(22)10-20/h1-8,13-14,20-22H,9-12H2. The molecule has 0 saturated heterocycles. The van der Waals surface area contributed by atoms with E-state index < -0.39 is 12.2 Å². The maximum atomic E-state index is 9.36. The van der Waals surface area contributed by atoms with Crippen LogP contribution >= 0.6 is 11.6 Å². The van der Waals surface area contributed by atoms with Crippen LogP contribution in [-0.2, 0) is 0 Å². The fourth-order valence-electron chi connectivity index (χ4n) is 1.83. The molecule has 0 amide bonds. The Morgan fingerprint density at radius 3 is 1.52 bits per heavy atom. The van der Waals surface area contributed by atoms with Crippen molar-refractivity contribution >= 4 is 11.6 Å². The smallest absolute Gasteiger partial charge is 0.127 e. The number of ether oxygens (including phenoxy) is 3. The summed E-state index contributed by atoms with van der Waals surface area (Å²) in [6, 6.07) is 13.9. The topological polar surface area (TPSA) is 88.4 Å². The first kappa shape index (κ1) is 19.3. The molecule has 0 fully saturated rings. The molecule has 2 unspecified atom stereocenters. The molecule has 2 rings (SSSR count). The van der Waals surface area contributed by atoms with Crippen LogP contribution in [-0.4, -0.2) is 53.2 Å². The SMILES string of the molecule is OCC(O)COc1ccc(Oc2ccc(OCC(O)CCl)cc2)cc1. The summed E-state index contributed by atoms with van der Waals surface area (Å²) in [5, 5.41) is 27.3. The van der Waals surface area contributed by atoms with Gasteiger partial charge < -0.3 is 29.5 Å². The molecule has 0 aromatic heterocycles. The molecule has 0 bridgehead atoms. The van der Waals surface area contributed by atoms with Gasteiger partial charge in [0.1, 0.15) is 48.4 Å². The van der Waals surface area contributed by atoms with Gasteiger partial charge in [0.2, 0.25) is 0 Å². The second-order valence-electron chi connectivity index (χ2n) is 5.31. The molecule has 2 atom stereocenters. The van der Waals surface area contributed by atoms with Crippen molar-refractivity contribution in [2.45, 2.75) is 12.2 Å². The Kier molecular flexibility index (Phi) is 7.81. The van der Waals surface area contributed by atoms with Crippen LogP contribution in [0, 0.1) is 0 Å². The van der Waals surface area contributed by atoms with Crippen molar-refractivity contribution in [1.29, 1.82) is 0 Å². The quantitative estimate of drug-likeness (QED) is 0.557. The van der Waals surface area contributed by atoms with Crippen LogP contribution in [0.1, 0.15) is 0 Å². The van der Waals surface area contributed by atoms with Gasteiger partial charge in [-0.2, -0.15) is 0 Å². The number of hydrogen-bond donors (Lipinski definition) is 3. The van der Waals surface area contributed by atoms with Crippen LogP contribution in [0.25, 0.3) is 0 Å². The first-order valence-corrected chi connectivity index (χ1v) is 8.30. The summed E-state index contributed by atoms with van der Waals surface area (Å²) >= 11 is 5.50. The highest BCUT2D eigenvalue weighted by Gasteiger charge is 2.05. The van der Waals surface area contributed by atoms with Gasteiger partial charge in [-0.25, -0.2) is 0 Å². The van der Waals surface area contributed by atoms with Crippen molar-refractivity contribution in [3.05, 3.63) is 48.5 Å². The number of alkyl halides is 1. The number of aliphatic hydroxyl groups is 3. The summed E-state index contributed by atoms with van der Waals surface area (Å²) in [5.74, 6) is 2.57. The molecule has 0 saturated carbocycles. The Labute approximate surface area is 151 Å². The lowest BCUT2D eigenvalue weighted by atomic mass is 10.3. The predicted molar refractivity (Wildman–Crippen MR) is 93.8 cm³/mol. The summed E-state index contributed by atoms with van der Waals surface area (Å²) in [7, 11) is 0. The van der Waals surface area contributed by atoms with Gasteiger partial charge in [0, 0.05) is 0 Å². The van der Waals surface area contributed by atoms with Gasteiger partial charge >= 0.3 is 0 Å². The zero-order valence-corrected chi connectivity index (χ0v) is 14.3. The van der Waals surface area contributed by atoms with Crippen LogP contribution in [0.3, 0.4) is 0 Å². The first-order valence-electron chi connectivity index (χ1n) is 7.77. The monoisotopic (exact) mass is 368 g/mol. The number of aliphatic hydroxyl groups excluding tert-OH is 3. The van der Waals surface area contributed by atoms with Crippen LogP contribution in [0.5, 0.6) is 23.0 Å². The van der Waals surface area contributed by atoms with Gasteiger partial charge in [0.05, 0.1) is 12.5 Å². The molecule has 0 spiro atoms. The van der Waals surface area contributed by atoms with Crippen LogP contribution < -0.4 is 14.2 Å². The molecular weight excluding hydrogens is 348 g/mol. The van der Waals surface area contributed by atoms with Crippen molar-refractivity contribution in [2.75, 3.05) is 25.7 Å². The molecule has 136 valence electrons. The Morgan fingerprint density at radius 1 is 0.720 bits per heavy atom. The van der Waals surface area contributed by atoms with Crippen molar-refractivity contribution in [1.82, 2.24) is 0 Å². The van der Waals surface area contributed by atoms with Gasteiger partial charge in [0.25, 0.3) is 0 Å². The van der Waals surface area contributed by atoms with Crippen molar-refractivity contribution in [2.24, 2.45) is 0 Å². The van der Waals surface area contributed by atoms with Crippen molar-refractivity contribution in [3.63, 3.8) is 0 Å². The van der Waals surface area contributed by atoms with Gasteiger partial charge in [-0.15, -0.1) is 11.6 Å². The van der Waals surface area contributed by atoms with E-state index in [9.17, 15) is 10.2 Å². The third-order valence-electron chi connectivity index (χ3n) is 3.16. The molecule has 2 aromatic rings. The second kappa shape index (κ2) is 10.1. The van der Waals surface area contributed by atoms with E-state index in [2.05, 4.69) is 0 Å². The summed E-state index contributed by atoms with van der Waals surface area (Å²) in [6.45, 7) is -0.182. The Bertz CT molecular complexity index is 561. The molecule has 0 aliphatic heterocycles. The van der Waals surface area contributed by atoms with Crippen LogP contribution in [0.2, 0.25) is 0 Å². The fraction of sp³-hybridized carbons (Fsp3) is 0.333. The number of halogens is 1. The van der Waals surface area contributed by atoms with E-state index in [1.165, 1.54) is 0 Å². The minimum Gasteiger partial charge on any atom is -0.491 e. The average molecular weight is 369 g/mol. The first-order chi connectivity index (χ1) is 12.1. The molecule has 0 aliphatic rings. The summed E-state index contributed by atoms with van der Waals surface area (Å²) < 4.78 is 16.4. The van der Waals surface area contributed by atoms with E-state index in [1.807, 2.05) is 0 Å². The number of hydrogen-bond acceptors (Lipinski definition) is 6. The summed E-state index contributed by atoms with van der Waals surface area (Å²) in [6.07, 6.45) is -1.60. The van der Waals surface area contributed by atoms with E-state index in [0.717, 1.165) is 0 Å². The summed E-state index contributed by atoms with van der Waals surface area (Å²) in [5.41, 5.74) is 0. The summed E-state index contributed by atoms with van der Waals surface area (Å²) in [4.78, 5) is 0. The Morgan fingerprint density at radius 2 is 1.12 bits per heavy atom. The zero-order valence-electron chi connectivity index (χ0n) is 13.5. The van der Waals surface area contributed by atoms with E-state index in [0.29, 0.717) is 23.0 Å². The van der Waals surface area contributed by atoms with E-state index in [4.69, 9.17) is 30.9 Å². The Balaban J connectivity index is 1.85. The maximum Gasteiger partial charge on any atom is 0.127 e. The molecule has 7 heteroatoms. The zero-order chi connectivity index (χ0) is 18.1. The second-order valence-corrected chi connectivity index (χ2v) is 5.62. The highest BCUT2D eigenvalue weighted by molar-refractivity contribution is 6.18. The van der Waals surface area contributed by atoms with Crippen LogP contribution in [0.4, 0.5) is 0 Å². The molecule has 0 heterocycles. The van der Waals surface area contributed by atoms with Crippen molar-refractivity contribution < 1.29 is 29.5 Å². The molecule has 0 radical (unpaired) electrons. The third kappa shape index (κ3) is 6.80. The van der Waals surface area contributed by atoms with Gasteiger partial charge in [-0.05, 0) is 48.5 Å². The lowest BCUT2D eigenvalue weighted by molar-refractivity contribution is 0.0536. The highest BCUT2D eigenvalue weighted by Crippen LogP contribution is 2.25. The van der Waals surface area contributed by atoms with Gasteiger partial charge in [0.15, 0.2) is 0 Å². The van der Waals surface area contributed by atoms with E-state index in [1.54, 1.807) is 48.5 Å². The number of rotatable bonds is 10. The molecule has 25 heavy (non-hydrogen) atoms. The largest absolute Gasteiger partial charge is 0.491 e. The van der Waals surface area contributed by atoms with E-state index >= 15 is 0 Å². The lowest BCUT2D eigenvalue weighted by Crippen LogP contribution is -2.21. The average Bonchev–Trinajstić information content (AvgIpc) is 2.66. The Hall–Kier alpha value is -1.99. The lowest BCUT2D eigenvalue weighted by Gasteiger charge is -2.12. The molecule has 0 aliphatic carbocycles.